The molecule has 5 heteroatoms. The van der Waals surface area contributed by atoms with Crippen LogP contribution >= 0.6 is 15.9 Å². The second-order valence-electron chi connectivity index (χ2n) is 5.44. The Bertz CT molecular complexity index is 689. The maximum atomic E-state index is 12.4. The van der Waals surface area contributed by atoms with Gasteiger partial charge < -0.3 is 14.8 Å². The van der Waals surface area contributed by atoms with Gasteiger partial charge in [0.25, 0.3) is 5.91 Å². The van der Waals surface area contributed by atoms with Crippen LogP contribution in [0.15, 0.2) is 46.9 Å². The second kappa shape index (κ2) is 8.73. The largest absolute Gasteiger partial charge is 0.493 e. The van der Waals surface area contributed by atoms with Gasteiger partial charge in [0.2, 0.25) is 0 Å². The van der Waals surface area contributed by atoms with Crippen LogP contribution in [0.25, 0.3) is 0 Å². The smallest absolute Gasteiger partial charge is 0.251 e. The highest BCUT2D eigenvalue weighted by Crippen LogP contribution is 2.36. The molecule has 0 radical (unpaired) electrons. The third kappa shape index (κ3) is 4.51. The molecular weight excluding hydrogens is 370 g/mol. The normalized spacial score (nSPS) is 11.7. The fraction of sp³-hybridized carbons (Fsp3) is 0.316. The summed E-state index contributed by atoms with van der Waals surface area (Å²) in [5.41, 5.74) is 1.73. The summed E-state index contributed by atoms with van der Waals surface area (Å²) in [6.07, 6.45) is 0. The van der Waals surface area contributed by atoms with Crippen LogP contribution in [0, 0.1) is 0 Å². The van der Waals surface area contributed by atoms with Gasteiger partial charge in [-0.1, -0.05) is 37.3 Å². The molecule has 1 N–H and O–H groups in total. The Hall–Kier alpha value is -2.01. The first-order chi connectivity index (χ1) is 11.6. The van der Waals surface area contributed by atoms with Crippen LogP contribution < -0.4 is 14.8 Å². The summed E-state index contributed by atoms with van der Waals surface area (Å²) in [5, 5.41) is 2.97. The molecule has 2 rings (SSSR count). The van der Waals surface area contributed by atoms with E-state index in [2.05, 4.69) is 40.3 Å². The van der Waals surface area contributed by atoms with Gasteiger partial charge >= 0.3 is 0 Å². The number of nitrogens with one attached hydrogen (secondary N) is 1. The Morgan fingerprint density at radius 3 is 2.58 bits per heavy atom. The maximum absolute atomic E-state index is 12.4. The molecule has 0 fully saturated rings. The molecule has 1 unspecified atom stereocenters. The van der Waals surface area contributed by atoms with Crippen LogP contribution in [-0.2, 0) is 0 Å². The molecule has 0 aliphatic rings. The zero-order valence-electron chi connectivity index (χ0n) is 14.1. The summed E-state index contributed by atoms with van der Waals surface area (Å²) in [6.45, 7) is 5.08. The lowest BCUT2D eigenvalue weighted by Gasteiger charge is -2.15. The summed E-state index contributed by atoms with van der Waals surface area (Å²) in [5.74, 6) is 1.24. The van der Waals surface area contributed by atoms with E-state index >= 15 is 0 Å². The molecule has 0 saturated heterocycles. The molecule has 2 aromatic carbocycles. The topological polar surface area (TPSA) is 47.6 Å². The highest BCUT2D eigenvalue weighted by Gasteiger charge is 2.16. The number of hydrogen-bond donors (Lipinski definition) is 1. The summed E-state index contributed by atoms with van der Waals surface area (Å²) in [6, 6.07) is 13.6. The van der Waals surface area contributed by atoms with Crippen LogP contribution in [0.3, 0.4) is 0 Å². The van der Waals surface area contributed by atoms with E-state index < -0.39 is 0 Å². The molecule has 0 heterocycles. The van der Waals surface area contributed by atoms with Gasteiger partial charge in [0.1, 0.15) is 0 Å². The molecule has 4 nitrogen and oxygen atoms in total. The number of methoxy groups -OCH3 is 1. The number of carbonyl (C=O) groups excluding carboxylic acids is 1. The third-order valence-electron chi connectivity index (χ3n) is 3.72. The van der Waals surface area contributed by atoms with Gasteiger partial charge in [0.05, 0.1) is 18.2 Å². The van der Waals surface area contributed by atoms with Gasteiger partial charge in [-0.25, -0.2) is 0 Å². The number of ether oxygens (including phenoxy) is 2. The lowest BCUT2D eigenvalue weighted by atomic mass is 10.0. The Morgan fingerprint density at radius 1 is 1.25 bits per heavy atom. The van der Waals surface area contributed by atoms with E-state index in [4.69, 9.17) is 9.47 Å². The van der Waals surface area contributed by atoms with Gasteiger partial charge in [-0.05, 0) is 46.5 Å². The summed E-state index contributed by atoms with van der Waals surface area (Å²) in [7, 11) is 1.56. The fourth-order valence-corrected chi connectivity index (χ4v) is 2.94. The molecular formula is C19H22BrNO3. The molecule has 0 aliphatic carbocycles. The SMILES string of the molecule is CCOc1c(Br)cc(C(=O)NCC(C)c2ccccc2)cc1OC. The monoisotopic (exact) mass is 391 g/mol. The van der Waals surface area contributed by atoms with Gasteiger partial charge in [0.15, 0.2) is 11.5 Å². The van der Waals surface area contributed by atoms with E-state index in [0.717, 1.165) is 0 Å². The van der Waals surface area contributed by atoms with Gasteiger partial charge in [-0.15, -0.1) is 0 Å². The van der Waals surface area contributed by atoms with Crippen molar-refractivity contribution in [1.29, 1.82) is 0 Å². The molecule has 0 bridgehead atoms. The molecule has 0 aromatic heterocycles. The first kappa shape index (κ1) is 18.3. The van der Waals surface area contributed by atoms with Crippen LogP contribution in [-0.4, -0.2) is 26.2 Å². The van der Waals surface area contributed by atoms with Crippen molar-refractivity contribution in [2.45, 2.75) is 19.8 Å². The van der Waals surface area contributed by atoms with Gasteiger partial charge in [-0.2, -0.15) is 0 Å². The number of amides is 1. The minimum absolute atomic E-state index is 0.139. The zero-order valence-corrected chi connectivity index (χ0v) is 15.7. The molecule has 24 heavy (non-hydrogen) atoms. The first-order valence-electron chi connectivity index (χ1n) is 7.90. The minimum Gasteiger partial charge on any atom is -0.493 e. The van der Waals surface area contributed by atoms with Crippen molar-refractivity contribution >= 4 is 21.8 Å². The summed E-state index contributed by atoms with van der Waals surface area (Å²) < 4.78 is 11.6. The average molecular weight is 392 g/mol. The highest BCUT2D eigenvalue weighted by molar-refractivity contribution is 9.10. The minimum atomic E-state index is -0.139. The van der Waals surface area contributed by atoms with Crippen LogP contribution in [0.1, 0.15) is 35.7 Å². The lowest BCUT2D eigenvalue weighted by Crippen LogP contribution is -2.27. The zero-order chi connectivity index (χ0) is 17.5. The molecule has 128 valence electrons. The third-order valence-corrected chi connectivity index (χ3v) is 4.31. The molecule has 0 aliphatic heterocycles. The molecule has 2 aromatic rings. The number of carbonyl (C=O) groups is 1. The van der Waals surface area contributed by atoms with Crippen molar-refractivity contribution in [3.8, 4) is 11.5 Å². The Morgan fingerprint density at radius 2 is 1.96 bits per heavy atom. The van der Waals surface area contributed by atoms with Crippen molar-refractivity contribution in [3.05, 3.63) is 58.1 Å². The first-order valence-corrected chi connectivity index (χ1v) is 8.69. The number of hydrogen-bond acceptors (Lipinski definition) is 3. The van der Waals surface area contributed by atoms with Gasteiger partial charge in [-0.3, -0.25) is 4.79 Å². The standard InChI is InChI=1S/C19H22BrNO3/c1-4-24-18-16(20)10-15(11-17(18)23-3)19(22)21-12-13(2)14-8-6-5-7-9-14/h5-11,13H,4,12H2,1-3H3,(H,21,22). The van der Waals surface area contributed by atoms with Crippen molar-refractivity contribution in [2.24, 2.45) is 0 Å². The average Bonchev–Trinajstić information content (AvgIpc) is 2.61. The summed E-state index contributed by atoms with van der Waals surface area (Å²) in [4.78, 5) is 12.4. The predicted molar refractivity (Wildman–Crippen MR) is 99.1 cm³/mol. The maximum Gasteiger partial charge on any atom is 0.251 e. The van der Waals surface area contributed by atoms with Gasteiger partial charge in [0, 0.05) is 12.1 Å². The summed E-state index contributed by atoms with van der Waals surface area (Å²) >= 11 is 3.44. The lowest BCUT2D eigenvalue weighted by molar-refractivity contribution is 0.0951. The molecule has 0 spiro atoms. The number of benzene rings is 2. The predicted octanol–water partition coefficient (Wildman–Crippen LogP) is 4.39. The molecule has 1 amide bonds. The van der Waals surface area contributed by atoms with E-state index in [1.54, 1.807) is 19.2 Å². The van der Waals surface area contributed by atoms with Crippen molar-refractivity contribution in [2.75, 3.05) is 20.3 Å². The second-order valence-corrected chi connectivity index (χ2v) is 6.30. The van der Waals surface area contributed by atoms with E-state index in [-0.39, 0.29) is 11.8 Å². The van der Waals surface area contributed by atoms with Crippen LogP contribution in [0.5, 0.6) is 11.5 Å². The Kier molecular flexibility index (Phi) is 6.67. The van der Waals surface area contributed by atoms with E-state index in [1.807, 2.05) is 25.1 Å². The number of rotatable bonds is 7. The Labute approximate surface area is 151 Å². The Balaban J connectivity index is 2.08. The molecule has 1 atom stereocenters. The van der Waals surface area contributed by atoms with Crippen molar-refractivity contribution in [3.63, 3.8) is 0 Å². The van der Waals surface area contributed by atoms with Crippen LogP contribution in [0.4, 0.5) is 0 Å². The fourth-order valence-electron chi connectivity index (χ4n) is 2.38. The van der Waals surface area contributed by atoms with Crippen molar-refractivity contribution in [1.82, 2.24) is 5.32 Å². The van der Waals surface area contributed by atoms with E-state index in [1.165, 1.54) is 5.56 Å². The highest BCUT2D eigenvalue weighted by atomic mass is 79.9. The number of halogens is 1. The molecule has 0 saturated carbocycles. The van der Waals surface area contributed by atoms with E-state index in [9.17, 15) is 4.79 Å². The van der Waals surface area contributed by atoms with E-state index in [0.29, 0.717) is 34.7 Å². The van der Waals surface area contributed by atoms with Crippen molar-refractivity contribution < 1.29 is 14.3 Å². The quantitative estimate of drug-likeness (QED) is 0.760. The van der Waals surface area contributed by atoms with Crippen LogP contribution in [0.2, 0.25) is 0 Å².